The van der Waals surface area contributed by atoms with Crippen molar-refractivity contribution in [3.63, 3.8) is 0 Å². The number of benzene rings is 2. The van der Waals surface area contributed by atoms with Crippen LogP contribution in [0.2, 0.25) is 0 Å². The Bertz CT molecular complexity index is 679. The van der Waals surface area contributed by atoms with Gasteiger partial charge in [-0.05, 0) is 35.5 Å². The van der Waals surface area contributed by atoms with Gasteiger partial charge in [0.25, 0.3) is 0 Å². The van der Waals surface area contributed by atoms with Crippen molar-refractivity contribution in [3.05, 3.63) is 58.3 Å². The van der Waals surface area contributed by atoms with Crippen molar-refractivity contribution >= 4 is 33.5 Å². The number of carbonyl (C=O) groups is 1. The Balaban J connectivity index is 2.39. The second-order valence-corrected chi connectivity index (χ2v) is 5.65. The minimum absolute atomic E-state index is 0.0215. The van der Waals surface area contributed by atoms with Crippen molar-refractivity contribution in [2.45, 2.75) is 0 Å². The third kappa shape index (κ3) is 3.27. The number of thioether (sulfide) groups is 1. The average molecular weight is 350 g/mol. The van der Waals surface area contributed by atoms with Crippen molar-refractivity contribution in [2.24, 2.45) is 0 Å². The Morgan fingerprint density at radius 3 is 2.60 bits per heavy atom. The third-order valence-electron chi connectivity index (χ3n) is 2.72. The van der Waals surface area contributed by atoms with Gasteiger partial charge in [-0.25, -0.2) is 4.39 Å². The molecule has 0 bridgehead atoms. The summed E-state index contributed by atoms with van der Waals surface area (Å²) in [6, 6.07) is 11.9. The number of nitrogens with zero attached hydrogens (tertiary/aromatic N) is 1. The average Bonchev–Trinajstić information content (AvgIpc) is 2.46. The van der Waals surface area contributed by atoms with E-state index in [1.54, 1.807) is 24.3 Å². The first-order valence-electron chi connectivity index (χ1n) is 5.72. The zero-order valence-corrected chi connectivity index (χ0v) is 12.7. The van der Waals surface area contributed by atoms with E-state index in [1.807, 2.05) is 17.5 Å². The molecule has 0 unspecified atom stereocenters. The summed E-state index contributed by atoms with van der Waals surface area (Å²) in [7, 11) is 0. The molecule has 0 saturated heterocycles. The zero-order chi connectivity index (χ0) is 14.5. The molecule has 0 aromatic heterocycles. The van der Waals surface area contributed by atoms with Crippen LogP contribution in [0.5, 0.6) is 0 Å². The lowest BCUT2D eigenvalue weighted by Crippen LogP contribution is -2.06. The van der Waals surface area contributed by atoms with Gasteiger partial charge >= 0.3 is 0 Å². The molecule has 100 valence electrons. The van der Waals surface area contributed by atoms with Crippen LogP contribution in [0.3, 0.4) is 0 Å². The standard InChI is InChI=1S/C15H9BrFNOS/c16-11-6-4-10(5-7-11)12-2-1-3-13(15(12)17)14(19)8-20-9-18/h1-7H,8H2. The molecule has 20 heavy (non-hydrogen) atoms. The number of thiocyanates is 1. The molecule has 0 fully saturated rings. The summed E-state index contributed by atoms with van der Waals surface area (Å²) in [4.78, 5) is 11.8. The smallest absolute Gasteiger partial charge is 0.176 e. The number of hydrogen-bond acceptors (Lipinski definition) is 3. The lowest BCUT2D eigenvalue weighted by molar-refractivity contribution is 0.101. The number of Topliss-reactive ketones (excluding diaryl/α,β-unsaturated/α-hetero) is 1. The first kappa shape index (κ1) is 14.8. The summed E-state index contributed by atoms with van der Waals surface area (Å²) in [6.45, 7) is 0. The quantitative estimate of drug-likeness (QED) is 0.595. The zero-order valence-electron chi connectivity index (χ0n) is 10.3. The molecule has 0 aliphatic rings. The molecule has 2 aromatic carbocycles. The van der Waals surface area contributed by atoms with Crippen molar-refractivity contribution in [1.29, 1.82) is 5.26 Å². The summed E-state index contributed by atoms with van der Waals surface area (Å²) in [5.74, 6) is -0.969. The van der Waals surface area contributed by atoms with E-state index in [0.29, 0.717) is 11.1 Å². The van der Waals surface area contributed by atoms with Gasteiger partial charge < -0.3 is 0 Å². The van der Waals surface area contributed by atoms with E-state index in [9.17, 15) is 9.18 Å². The fraction of sp³-hybridized carbons (Fsp3) is 0.0667. The Hall–Kier alpha value is -1.64. The Labute approximate surface area is 128 Å². The summed E-state index contributed by atoms with van der Waals surface area (Å²) in [5, 5.41) is 10.3. The number of hydrogen-bond donors (Lipinski definition) is 0. The number of halogens is 2. The monoisotopic (exact) mass is 349 g/mol. The molecule has 2 nitrogen and oxygen atoms in total. The highest BCUT2D eigenvalue weighted by Gasteiger charge is 2.15. The number of carbonyl (C=O) groups excluding carboxylic acids is 1. The number of rotatable bonds is 4. The Morgan fingerprint density at radius 2 is 1.95 bits per heavy atom. The second-order valence-electron chi connectivity index (χ2n) is 3.98. The second kappa shape index (κ2) is 6.69. The van der Waals surface area contributed by atoms with Crippen LogP contribution >= 0.6 is 27.7 Å². The molecular weight excluding hydrogens is 341 g/mol. The van der Waals surface area contributed by atoms with E-state index in [4.69, 9.17) is 5.26 Å². The maximum absolute atomic E-state index is 14.4. The molecule has 0 saturated carbocycles. The molecule has 5 heteroatoms. The van der Waals surface area contributed by atoms with Crippen LogP contribution in [0.1, 0.15) is 10.4 Å². The predicted molar refractivity (Wildman–Crippen MR) is 81.9 cm³/mol. The van der Waals surface area contributed by atoms with Crippen LogP contribution in [0.4, 0.5) is 4.39 Å². The highest BCUT2D eigenvalue weighted by atomic mass is 79.9. The molecule has 2 aromatic rings. The van der Waals surface area contributed by atoms with Gasteiger partial charge in [-0.15, -0.1) is 0 Å². The summed E-state index contributed by atoms with van der Waals surface area (Å²) in [5.41, 5.74) is 1.10. The van der Waals surface area contributed by atoms with E-state index in [1.165, 1.54) is 6.07 Å². The molecular formula is C15H9BrFNOS. The van der Waals surface area contributed by atoms with E-state index in [-0.39, 0.29) is 17.1 Å². The third-order valence-corrected chi connectivity index (χ3v) is 3.79. The van der Waals surface area contributed by atoms with Crippen LogP contribution in [-0.2, 0) is 0 Å². The van der Waals surface area contributed by atoms with Crippen molar-refractivity contribution in [1.82, 2.24) is 0 Å². The van der Waals surface area contributed by atoms with Gasteiger partial charge in [0.15, 0.2) is 5.78 Å². The highest BCUT2D eigenvalue weighted by molar-refractivity contribution is 9.10. The van der Waals surface area contributed by atoms with Crippen LogP contribution < -0.4 is 0 Å². The normalized spacial score (nSPS) is 10.1. The fourth-order valence-corrected chi connectivity index (χ4v) is 2.39. The van der Waals surface area contributed by atoms with Gasteiger partial charge in [-0.3, -0.25) is 4.79 Å². The van der Waals surface area contributed by atoms with Gasteiger partial charge in [0.2, 0.25) is 0 Å². The fourth-order valence-electron chi connectivity index (χ4n) is 1.78. The molecule has 0 N–H and O–H groups in total. The molecule has 0 aliphatic carbocycles. The highest BCUT2D eigenvalue weighted by Crippen LogP contribution is 2.27. The molecule has 0 atom stereocenters. The van der Waals surface area contributed by atoms with E-state index in [2.05, 4.69) is 15.9 Å². The van der Waals surface area contributed by atoms with Gasteiger partial charge in [0.1, 0.15) is 11.2 Å². The molecule has 2 rings (SSSR count). The topological polar surface area (TPSA) is 40.9 Å². The predicted octanol–water partition coefficient (Wildman–Crippen LogP) is 4.65. The Morgan fingerprint density at radius 1 is 1.25 bits per heavy atom. The minimum atomic E-state index is -0.543. The van der Waals surface area contributed by atoms with Crippen molar-refractivity contribution in [2.75, 3.05) is 5.75 Å². The van der Waals surface area contributed by atoms with Gasteiger partial charge in [0.05, 0.1) is 11.3 Å². The molecule has 0 spiro atoms. The molecule has 0 radical (unpaired) electrons. The summed E-state index contributed by atoms with van der Waals surface area (Å²) >= 11 is 4.13. The maximum Gasteiger partial charge on any atom is 0.176 e. The first-order chi connectivity index (χ1) is 9.63. The van der Waals surface area contributed by atoms with Crippen LogP contribution in [0.25, 0.3) is 11.1 Å². The van der Waals surface area contributed by atoms with Crippen molar-refractivity contribution < 1.29 is 9.18 Å². The molecule has 0 aliphatic heterocycles. The van der Waals surface area contributed by atoms with Gasteiger partial charge in [-0.1, -0.05) is 40.2 Å². The molecule has 0 amide bonds. The lowest BCUT2D eigenvalue weighted by atomic mass is 10.0. The molecule has 0 heterocycles. The van der Waals surface area contributed by atoms with Gasteiger partial charge in [-0.2, -0.15) is 5.26 Å². The van der Waals surface area contributed by atoms with Crippen LogP contribution in [0.15, 0.2) is 46.9 Å². The number of ketones is 1. The van der Waals surface area contributed by atoms with Crippen LogP contribution in [0, 0.1) is 16.5 Å². The van der Waals surface area contributed by atoms with Crippen LogP contribution in [-0.4, -0.2) is 11.5 Å². The summed E-state index contributed by atoms with van der Waals surface area (Å²) < 4.78 is 15.3. The van der Waals surface area contributed by atoms with E-state index < -0.39 is 5.82 Å². The van der Waals surface area contributed by atoms with E-state index in [0.717, 1.165) is 16.2 Å². The maximum atomic E-state index is 14.4. The first-order valence-corrected chi connectivity index (χ1v) is 7.50. The van der Waals surface area contributed by atoms with E-state index >= 15 is 0 Å². The van der Waals surface area contributed by atoms with Gasteiger partial charge in [0, 0.05) is 10.0 Å². The summed E-state index contributed by atoms with van der Waals surface area (Å²) in [6.07, 6.45) is 0. The lowest BCUT2D eigenvalue weighted by Gasteiger charge is -2.07. The number of nitriles is 1. The minimum Gasteiger partial charge on any atom is -0.293 e. The Kier molecular flexibility index (Phi) is 4.94. The largest absolute Gasteiger partial charge is 0.293 e. The SMILES string of the molecule is N#CSCC(=O)c1cccc(-c2ccc(Br)cc2)c1F. The van der Waals surface area contributed by atoms with Crippen molar-refractivity contribution in [3.8, 4) is 16.5 Å².